The standard InChI is InChI=1S/C10H14O2/c1-6-4-9(7(2)11)5-10(6)8(3)12/h4,9-10H,5H2,1-3H3/t9-,10+/m0/s1. The minimum atomic E-state index is -0.0149. The molecular formula is C10H14O2. The number of allylic oxidation sites excluding steroid dienone is 2. The molecule has 2 atom stereocenters. The fourth-order valence-electron chi connectivity index (χ4n) is 1.71. The maximum atomic E-state index is 11.1. The lowest BCUT2D eigenvalue weighted by atomic mass is 9.95. The molecule has 2 heteroatoms. The van der Waals surface area contributed by atoms with Crippen molar-refractivity contribution in [1.82, 2.24) is 0 Å². The van der Waals surface area contributed by atoms with Crippen LogP contribution in [0.2, 0.25) is 0 Å². The largest absolute Gasteiger partial charge is 0.299 e. The van der Waals surface area contributed by atoms with Crippen LogP contribution < -0.4 is 0 Å². The Kier molecular flexibility index (Phi) is 2.46. The number of rotatable bonds is 2. The summed E-state index contributed by atoms with van der Waals surface area (Å²) in [6.45, 7) is 5.09. The Morgan fingerprint density at radius 1 is 1.33 bits per heavy atom. The van der Waals surface area contributed by atoms with E-state index in [2.05, 4.69) is 0 Å². The van der Waals surface area contributed by atoms with Crippen molar-refractivity contribution in [2.45, 2.75) is 27.2 Å². The first-order valence-electron chi connectivity index (χ1n) is 4.21. The van der Waals surface area contributed by atoms with Gasteiger partial charge < -0.3 is 0 Å². The molecule has 0 aliphatic heterocycles. The predicted octanol–water partition coefficient (Wildman–Crippen LogP) is 1.75. The lowest BCUT2D eigenvalue weighted by Gasteiger charge is -2.07. The molecule has 0 saturated carbocycles. The zero-order valence-corrected chi connectivity index (χ0v) is 7.76. The van der Waals surface area contributed by atoms with Crippen LogP contribution in [-0.2, 0) is 9.59 Å². The highest BCUT2D eigenvalue weighted by atomic mass is 16.1. The van der Waals surface area contributed by atoms with Crippen molar-refractivity contribution in [3.63, 3.8) is 0 Å². The van der Waals surface area contributed by atoms with Crippen molar-refractivity contribution >= 4 is 11.6 Å². The van der Waals surface area contributed by atoms with Crippen molar-refractivity contribution in [1.29, 1.82) is 0 Å². The molecule has 0 aromatic carbocycles. The summed E-state index contributed by atoms with van der Waals surface area (Å²) in [7, 11) is 0. The summed E-state index contributed by atoms with van der Waals surface area (Å²) in [6.07, 6.45) is 2.62. The van der Waals surface area contributed by atoms with Gasteiger partial charge in [0.15, 0.2) is 0 Å². The van der Waals surface area contributed by atoms with Crippen LogP contribution in [0.5, 0.6) is 0 Å². The molecule has 0 amide bonds. The summed E-state index contributed by atoms with van der Waals surface area (Å²) < 4.78 is 0. The van der Waals surface area contributed by atoms with E-state index in [9.17, 15) is 9.59 Å². The number of hydrogen-bond donors (Lipinski definition) is 0. The molecule has 66 valence electrons. The molecule has 12 heavy (non-hydrogen) atoms. The molecule has 0 N–H and O–H groups in total. The fraction of sp³-hybridized carbons (Fsp3) is 0.600. The Balaban J connectivity index is 2.74. The molecule has 0 heterocycles. The lowest BCUT2D eigenvalue weighted by Crippen LogP contribution is -2.12. The summed E-state index contributed by atoms with van der Waals surface area (Å²) in [5.41, 5.74) is 1.06. The zero-order valence-electron chi connectivity index (χ0n) is 7.76. The van der Waals surface area contributed by atoms with Crippen LogP contribution in [-0.4, -0.2) is 11.6 Å². The summed E-state index contributed by atoms with van der Waals surface area (Å²) in [5, 5.41) is 0. The van der Waals surface area contributed by atoms with E-state index >= 15 is 0 Å². The zero-order chi connectivity index (χ0) is 9.30. The van der Waals surface area contributed by atoms with Gasteiger partial charge in [-0.15, -0.1) is 0 Å². The van der Waals surface area contributed by atoms with Crippen LogP contribution in [0.25, 0.3) is 0 Å². The minimum absolute atomic E-state index is 0.00102. The topological polar surface area (TPSA) is 34.1 Å². The molecule has 0 unspecified atom stereocenters. The van der Waals surface area contributed by atoms with Gasteiger partial charge in [0, 0.05) is 11.8 Å². The molecule has 0 bridgehead atoms. The maximum Gasteiger partial charge on any atom is 0.136 e. The van der Waals surface area contributed by atoms with Crippen LogP contribution in [0.3, 0.4) is 0 Å². The van der Waals surface area contributed by atoms with Gasteiger partial charge in [-0.2, -0.15) is 0 Å². The van der Waals surface area contributed by atoms with Crippen molar-refractivity contribution in [2.75, 3.05) is 0 Å². The second kappa shape index (κ2) is 3.21. The van der Waals surface area contributed by atoms with Gasteiger partial charge in [-0.3, -0.25) is 9.59 Å². The SMILES string of the molecule is CC(=O)[C@@H]1C[C@@H](C(C)=O)C=C1C. The molecule has 0 saturated heterocycles. The quantitative estimate of drug-likeness (QED) is 0.585. The van der Waals surface area contributed by atoms with Gasteiger partial charge in [-0.05, 0) is 27.2 Å². The van der Waals surface area contributed by atoms with Crippen LogP contribution >= 0.6 is 0 Å². The Hall–Kier alpha value is -0.920. The Morgan fingerprint density at radius 2 is 1.92 bits per heavy atom. The summed E-state index contributed by atoms with van der Waals surface area (Å²) >= 11 is 0. The van der Waals surface area contributed by atoms with Crippen LogP contribution in [0, 0.1) is 11.8 Å². The third kappa shape index (κ3) is 1.63. The van der Waals surface area contributed by atoms with Crippen LogP contribution in [0.1, 0.15) is 27.2 Å². The van der Waals surface area contributed by atoms with Gasteiger partial charge in [-0.25, -0.2) is 0 Å². The van der Waals surface area contributed by atoms with Gasteiger partial charge in [0.25, 0.3) is 0 Å². The van der Waals surface area contributed by atoms with Gasteiger partial charge >= 0.3 is 0 Å². The third-order valence-electron chi connectivity index (χ3n) is 2.52. The fourth-order valence-corrected chi connectivity index (χ4v) is 1.71. The van der Waals surface area contributed by atoms with E-state index in [-0.39, 0.29) is 23.4 Å². The monoisotopic (exact) mass is 166 g/mol. The van der Waals surface area contributed by atoms with Gasteiger partial charge in [0.1, 0.15) is 11.6 Å². The molecule has 1 aliphatic carbocycles. The van der Waals surface area contributed by atoms with Crippen LogP contribution in [0.4, 0.5) is 0 Å². The summed E-state index contributed by atoms with van der Waals surface area (Å²) in [6, 6.07) is 0. The summed E-state index contributed by atoms with van der Waals surface area (Å²) in [4.78, 5) is 22.1. The van der Waals surface area contributed by atoms with E-state index in [1.54, 1.807) is 13.8 Å². The number of Topliss-reactive ketones (excluding diaryl/α,β-unsaturated/α-hetero) is 2. The van der Waals surface area contributed by atoms with E-state index in [1.807, 2.05) is 13.0 Å². The van der Waals surface area contributed by atoms with E-state index in [1.165, 1.54) is 0 Å². The van der Waals surface area contributed by atoms with E-state index < -0.39 is 0 Å². The lowest BCUT2D eigenvalue weighted by molar-refractivity contribution is -0.121. The molecule has 0 radical (unpaired) electrons. The third-order valence-corrected chi connectivity index (χ3v) is 2.52. The maximum absolute atomic E-state index is 11.1. The van der Waals surface area contributed by atoms with Gasteiger partial charge in [-0.1, -0.05) is 11.6 Å². The molecule has 1 rings (SSSR count). The normalized spacial score (nSPS) is 28.4. The Bertz CT molecular complexity index is 251. The summed E-state index contributed by atoms with van der Waals surface area (Å²) in [5.74, 6) is 0.323. The highest BCUT2D eigenvalue weighted by Crippen LogP contribution is 2.31. The van der Waals surface area contributed by atoms with Crippen molar-refractivity contribution in [2.24, 2.45) is 11.8 Å². The molecular weight excluding hydrogens is 152 g/mol. The van der Waals surface area contributed by atoms with E-state index in [0.29, 0.717) is 6.42 Å². The molecule has 1 aliphatic rings. The number of carbonyl (C=O) groups is 2. The second-order valence-electron chi connectivity index (χ2n) is 3.53. The Labute approximate surface area is 72.7 Å². The van der Waals surface area contributed by atoms with Gasteiger partial charge in [0.05, 0.1) is 0 Å². The molecule has 2 nitrogen and oxygen atoms in total. The predicted molar refractivity (Wildman–Crippen MR) is 46.7 cm³/mol. The highest BCUT2D eigenvalue weighted by Gasteiger charge is 2.29. The first-order chi connectivity index (χ1) is 5.52. The average Bonchev–Trinajstić information content (AvgIpc) is 2.30. The first-order valence-corrected chi connectivity index (χ1v) is 4.21. The number of carbonyl (C=O) groups excluding carboxylic acids is 2. The smallest absolute Gasteiger partial charge is 0.136 e. The van der Waals surface area contributed by atoms with E-state index in [0.717, 1.165) is 5.57 Å². The first kappa shape index (κ1) is 9.17. The molecule has 0 fully saturated rings. The van der Waals surface area contributed by atoms with Gasteiger partial charge in [0.2, 0.25) is 0 Å². The molecule has 0 aromatic rings. The van der Waals surface area contributed by atoms with Crippen molar-refractivity contribution in [3.8, 4) is 0 Å². The molecule has 0 spiro atoms. The highest BCUT2D eigenvalue weighted by molar-refractivity contribution is 5.86. The Morgan fingerprint density at radius 3 is 2.17 bits per heavy atom. The second-order valence-corrected chi connectivity index (χ2v) is 3.53. The van der Waals surface area contributed by atoms with E-state index in [4.69, 9.17) is 0 Å². The molecule has 0 aromatic heterocycles. The number of ketones is 2. The number of hydrogen-bond acceptors (Lipinski definition) is 2. The van der Waals surface area contributed by atoms with Crippen molar-refractivity contribution < 1.29 is 9.59 Å². The average molecular weight is 166 g/mol. The van der Waals surface area contributed by atoms with Crippen molar-refractivity contribution in [3.05, 3.63) is 11.6 Å². The minimum Gasteiger partial charge on any atom is -0.299 e. The van der Waals surface area contributed by atoms with Crippen LogP contribution in [0.15, 0.2) is 11.6 Å².